The number of nitriles is 1. The lowest BCUT2D eigenvalue weighted by Gasteiger charge is -2.27. The van der Waals surface area contributed by atoms with Crippen LogP contribution in [-0.4, -0.2) is 30.5 Å². The molecule has 0 amide bonds. The Kier molecular flexibility index (Phi) is 6.08. The second-order valence-electron chi connectivity index (χ2n) is 5.74. The second-order valence-corrected chi connectivity index (χ2v) is 5.74. The minimum absolute atomic E-state index is 0.0492. The van der Waals surface area contributed by atoms with Crippen LogP contribution < -0.4 is 10.5 Å². The zero-order valence-corrected chi connectivity index (χ0v) is 15.0. The van der Waals surface area contributed by atoms with Gasteiger partial charge < -0.3 is 25.1 Å². The first kappa shape index (κ1) is 21.0. The van der Waals surface area contributed by atoms with Crippen LogP contribution in [0.5, 0.6) is 11.5 Å². The van der Waals surface area contributed by atoms with Gasteiger partial charge in [0.25, 0.3) is 0 Å². The molecular formula is C18H17F3N2O5. The van der Waals surface area contributed by atoms with Crippen molar-refractivity contribution in [1.29, 1.82) is 5.26 Å². The molecule has 1 aliphatic heterocycles. The van der Waals surface area contributed by atoms with Crippen molar-refractivity contribution in [3.8, 4) is 17.6 Å². The molecule has 0 saturated carbocycles. The van der Waals surface area contributed by atoms with E-state index in [1.54, 1.807) is 6.92 Å². The third-order valence-corrected chi connectivity index (χ3v) is 3.82. The number of benzene rings is 1. The molecule has 0 aliphatic carbocycles. The van der Waals surface area contributed by atoms with E-state index < -0.39 is 30.4 Å². The van der Waals surface area contributed by atoms with Gasteiger partial charge in [-0.25, -0.2) is 4.79 Å². The molecule has 1 aromatic rings. The number of hydrogen-bond acceptors (Lipinski definition) is 7. The Hall–Kier alpha value is -3.35. The van der Waals surface area contributed by atoms with Crippen LogP contribution in [0, 0.1) is 11.3 Å². The molecule has 1 aliphatic rings. The number of nitrogens with two attached hydrogens (primary N) is 1. The lowest BCUT2D eigenvalue weighted by atomic mass is 9.82. The highest BCUT2D eigenvalue weighted by Gasteiger charge is 2.37. The molecule has 150 valence electrons. The zero-order valence-electron chi connectivity index (χ0n) is 15.0. The van der Waals surface area contributed by atoms with E-state index in [0.717, 1.165) is 6.07 Å². The molecular weight excluding hydrogens is 381 g/mol. The van der Waals surface area contributed by atoms with Crippen molar-refractivity contribution in [2.45, 2.75) is 25.9 Å². The van der Waals surface area contributed by atoms with E-state index >= 15 is 0 Å². The van der Waals surface area contributed by atoms with Crippen molar-refractivity contribution in [2.24, 2.45) is 5.73 Å². The normalized spacial score (nSPS) is 17.1. The van der Waals surface area contributed by atoms with E-state index in [9.17, 15) is 28.3 Å². The molecule has 10 heteroatoms. The quantitative estimate of drug-likeness (QED) is 0.733. The maximum Gasteiger partial charge on any atom is 0.422 e. The predicted octanol–water partition coefficient (Wildman–Crippen LogP) is 2.98. The smallest absolute Gasteiger partial charge is 0.422 e. The summed E-state index contributed by atoms with van der Waals surface area (Å²) in [5, 5.41) is 19.8. The molecule has 1 unspecified atom stereocenters. The third-order valence-electron chi connectivity index (χ3n) is 3.82. The number of alkyl halides is 3. The molecule has 1 atom stereocenters. The maximum absolute atomic E-state index is 12.4. The number of hydrogen-bond donors (Lipinski definition) is 2. The molecule has 0 saturated heterocycles. The van der Waals surface area contributed by atoms with Gasteiger partial charge in [-0.15, -0.1) is 0 Å². The fourth-order valence-corrected chi connectivity index (χ4v) is 2.69. The molecule has 0 aromatic heterocycles. The molecule has 7 nitrogen and oxygen atoms in total. The maximum atomic E-state index is 12.4. The van der Waals surface area contributed by atoms with Gasteiger partial charge in [0.05, 0.1) is 18.1 Å². The van der Waals surface area contributed by atoms with Crippen molar-refractivity contribution in [2.75, 3.05) is 13.2 Å². The van der Waals surface area contributed by atoms with Gasteiger partial charge in [0.15, 0.2) is 6.61 Å². The van der Waals surface area contributed by atoms with Crippen molar-refractivity contribution in [1.82, 2.24) is 0 Å². The fraction of sp³-hybridized carbons (Fsp3) is 0.333. The Morgan fingerprint density at radius 1 is 1.43 bits per heavy atom. The summed E-state index contributed by atoms with van der Waals surface area (Å²) < 4.78 is 51.7. The average Bonchev–Trinajstić information content (AvgIpc) is 2.59. The van der Waals surface area contributed by atoms with E-state index in [2.05, 4.69) is 4.74 Å². The van der Waals surface area contributed by atoms with Gasteiger partial charge >= 0.3 is 12.1 Å². The number of ether oxygens (including phenoxy) is 3. The topological polar surface area (TPSA) is 115 Å². The second kappa shape index (κ2) is 8.12. The minimum Gasteiger partial charge on any atom is -0.507 e. The standard InChI is InChI=1S/C18H17F3N2O5/c1-3-26-17(25)14-9(2)28-16(23)12(7-22)15(14)11-5-4-10(6-13(11)24)27-8-18(19,20)21/h4-6,15,24H,3,8,23H2,1-2H3. The van der Waals surface area contributed by atoms with Crippen LogP contribution >= 0.6 is 0 Å². The van der Waals surface area contributed by atoms with E-state index in [1.807, 2.05) is 6.07 Å². The van der Waals surface area contributed by atoms with Gasteiger partial charge in [-0.3, -0.25) is 0 Å². The molecule has 0 spiro atoms. The number of carbonyl (C=O) groups excluding carboxylic acids is 1. The van der Waals surface area contributed by atoms with Crippen LogP contribution in [0.25, 0.3) is 0 Å². The average molecular weight is 398 g/mol. The molecule has 0 bridgehead atoms. The number of allylic oxidation sites excluding steroid dienone is 2. The highest BCUT2D eigenvalue weighted by Crippen LogP contribution is 2.43. The molecule has 1 aromatic carbocycles. The number of carbonyl (C=O) groups is 1. The van der Waals surface area contributed by atoms with Gasteiger partial charge in [-0.05, 0) is 19.9 Å². The van der Waals surface area contributed by atoms with Gasteiger partial charge in [0, 0.05) is 11.6 Å². The first-order valence-electron chi connectivity index (χ1n) is 8.07. The number of phenols is 1. The van der Waals surface area contributed by atoms with Gasteiger partial charge in [0.1, 0.15) is 28.9 Å². The Bertz CT molecular complexity index is 884. The summed E-state index contributed by atoms with van der Waals surface area (Å²) in [4.78, 5) is 12.4. The summed E-state index contributed by atoms with van der Waals surface area (Å²) in [5.74, 6) is -2.79. The number of rotatable bonds is 5. The predicted molar refractivity (Wildman–Crippen MR) is 89.6 cm³/mol. The Morgan fingerprint density at radius 2 is 2.11 bits per heavy atom. The molecule has 2 rings (SSSR count). The van der Waals surface area contributed by atoms with Crippen LogP contribution in [0.4, 0.5) is 13.2 Å². The summed E-state index contributed by atoms with van der Waals surface area (Å²) >= 11 is 0. The van der Waals surface area contributed by atoms with E-state index in [4.69, 9.17) is 15.2 Å². The van der Waals surface area contributed by atoms with Crippen LogP contribution in [0.3, 0.4) is 0 Å². The van der Waals surface area contributed by atoms with Crippen molar-refractivity contribution < 1.29 is 37.3 Å². The summed E-state index contributed by atoms with van der Waals surface area (Å²) in [6.45, 7) is 1.55. The third kappa shape index (κ3) is 4.49. The molecule has 1 heterocycles. The summed E-state index contributed by atoms with van der Waals surface area (Å²) in [5.41, 5.74) is 5.60. The SMILES string of the molecule is CCOC(=O)C1=C(C)OC(N)=C(C#N)C1c1ccc(OCC(F)(F)F)cc1O. The number of phenolic OH excluding ortho intramolecular Hbond substituents is 1. The first-order chi connectivity index (χ1) is 13.1. The van der Waals surface area contributed by atoms with Gasteiger partial charge in [0.2, 0.25) is 5.88 Å². The Morgan fingerprint density at radius 3 is 2.64 bits per heavy atom. The number of esters is 1. The monoisotopic (exact) mass is 398 g/mol. The van der Waals surface area contributed by atoms with Gasteiger partial charge in [-0.1, -0.05) is 6.07 Å². The number of aromatic hydroxyl groups is 1. The van der Waals surface area contributed by atoms with Crippen LogP contribution in [0.1, 0.15) is 25.3 Å². The fourth-order valence-electron chi connectivity index (χ4n) is 2.69. The highest BCUT2D eigenvalue weighted by atomic mass is 19.4. The van der Waals surface area contributed by atoms with E-state index in [-0.39, 0.29) is 40.7 Å². The van der Waals surface area contributed by atoms with Crippen LogP contribution in [0.15, 0.2) is 41.0 Å². The van der Waals surface area contributed by atoms with E-state index in [1.165, 1.54) is 19.1 Å². The molecule has 0 radical (unpaired) electrons. The summed E-state index contributed by atoms with van der Waals surface area (Å²) in [7, 11) is 0. The molecule has 28 heavy (non-hydrogen) atoms. The Labute approximate surface area is 158 Å². The van der Waals surface area contributed by atoms with Crippen molar-refractivity contribution >= 4 is 5.97 Å². The van der Waals surface area contributed by atoms with Crippen LogP contribution in [0.2, 0.25) is 0 Å². The Balaban J connectivity index is 2.49. The van der Waals surface area contributed by atoms with E-state index in [0.29, 0.717) is 0 Å². The van der Waals surface area contributed by atoms with Crippen molar-refractivity contribution in [3.05, 3.63) is 46.6 Å². The van der Waals surface area contributed by atoms with Crippen molar-refractivity contribution in [3.63, 3.8) is 0 Å². The minimum atomic E-state index is -4.54. The largest absolute Gasteiger partial charge is 0.507 e. The zero-order chi connectivity index (χ0) is 21.1. The lowest BCUT2D eigenvalue weighted by Crippen LogP contribution is -2.25. The molecule has 3 N–H and O–H groups in total. The first-order valence-corrected chi connectivity index (χ1v) is 8.07. The van der Waals surface area contributed by atoms with Crippen LogP contribution in [-0.2, 0) is 14.3 Å². The number of nitrogens with zero attached hydrogens (tertiary/aromatic N) is 1. The lowest BCUT2D eigenvalue weighted by molar-refractivity contribution is -0.153. The van der Waals surface area contributed by atoms with Gasteiger partial charge in [-0.2, -0.15) is 18.4 Å². The summed E-state index contributed by atoms with van der Waals surface area (Å²) in [6.07, 6.45) is -4.54. The highest BCUT2D eigenvalue weighted by molar-refractivity contribution is 5.92. The summed E-state index contributed by atoms with van der Waals surface area (Å²) in [6, 6.07) is 5.22. The number of halogens is 3. The molecule has 0 fully saturated rings.